The molecule has 5 nitrogen and oxygen atoms in total. The van der Waals surface area contributed by atoms with Crippen molar-refractivity contribution in [2.45, 2.75) is 37.5 Å². The summed E-state index contributed by atoms with van der Waals surface area (Å²) in [6.07, 6.45) is 0.623. The van der Waals surface area contributed by atoms with E-state index in [9.17, 15) is 22.0 Å². The molecule has 3 rings (SSSR count). The molecule has 2 aromatic rings. The molecule has 156 valence electrons. The van der Waals surface area contributed by atoms with Gasteiger partial charge in [-0.15, -0.1) is 0 Å². The van der Waals surface area contributed by atoms with Crippen molar-refractivity contribution in [2.24, 2.45) is 5.92 Å². The Bertz CT molecular complexity index is 1000. The van der Waals surface area contributed by atoms with E-state index in [1.54, 1.807) is 0 Å². The number of nitrogens with one attached hydrogen (secondary N) is 1. The van der Waals surface area contributed by atoms with Gasteiger partial charge in [-0.25, -0.2) is 17.2 Å². The van der Waals surface area contributed by atoms with Crippen LogP contribution in [-0.4, -0.2) is 31.7 Å². The fourth-order valence-electron chi connectivity index (χ4n) is 3.39. The lowest BCUT2D eigenvalue weighted by molar-refractivity contribution is -0.120. The van der Waals surface area contributed by atoms with Crippen molar-refractivity contribution in [3.8, 4) is 0 Å². The molecule has 0 radical (unpaired) electrons. The van der Waals surface area contributed by atoms with E-state index in [1.807, 2.05) is 24.3 Å². The first-order valence-electron chi connectivity index (χ1n) is 9.54. The molecule has 0 saturated carbocycles. The molecular weight excluding hydrogens is 398 g/mol. The van der Waals surface area contributed by atoms with Crippen molar-refractivity contribution < 1.29 is 22.0 Å². The maximum atomic E-state index is 13.9. The molecule has 1 fully saturated rings. The Morgan fingerprint density at radius 3 is 2.45 bits per heavy atom. The molecule has 1 aliphatic rings. The zero-order valence-corrected chi connectivity index (χ0v) is 17.2. The van der Waals surface area contributed by atoms with Gasteiger partial charge in [0.2, 0.25) is 15.9 Å². The number of carbonyl (C=O) groups excluding carboxylic acids is 1. The molecule has 0 unspecified atom stereocenters. The van der Waals surface area contributed by atoms with E-state index in [4.69, 9.17) is 0 Å². The molecule has 0 aliphatic carbocycles. The van der Waals surface area contributed by atoms with Crippen LogP contribution in [0.1, 0.15) is 38.2 Å². The summed E-state index contributed by atoms with van der Waals surface area (Å²) in [6.45, 7) is 4.28. The lowest BCUT2D eigenvalue weighted by atomic mass is 9.97. The van der Waals surface area contributed by atoms with Crippen LogP contribution in [0.2, 0.25) is 0 Å². The molecule has 1 aliphatic heterocycles. The number of piperidine rings is 1. The molecule has 0 spiro atoms. The number of nitrogens with zero attached hydrogens (tertiary/aromatic N) is 1. The Hall–Kier alpha value is -2.32. The average Bonchev–Trinajstić information content (AvgIpc) is 2.70. The van der Waals surface area contributed by atoms with Crippen molar-refractivity contribution in [1.29, 1.82) is 0 Å². The fraction of sp³-hybridized carbons (Fsp3) is 0.381. The van der Waals surface area contributed by atoms with Crippen LogP contribution in [0.4, 0.5) is 14.5 Å². The molecule has 8 heteroatoms. The summed E-state index contributed by atoms with van der Waals surface area (Å²) in [7, 11) is -4.15. The van der Waals surface area contributed by atoms with E-state index in [2.05, 4.69) is 19.2 Å². The number of benzene rings is 2. The second-order valence-electron chi connectivity index (χ2n) is 7.52. The van der Waals surface area contributed by atoms with Gasteiger partial charge in [-0.2, -0.15) is 4.31 Å². The van der Waals surface area contributed by atoms with Gasteiger partial charge in [0.25, 0.3) is 0 Å². The molecule has 0 atom stereocenters. The van der Waals surface area contributed by atoms with E-state index >= 15 is 0 Å². The minimum atomic E-state index is -4.15. The first kappa shape index (κ1) is 21.4. The van der Waals surface area contributed by atoms with Crippen molar-refractivity contribution in [3.05, 3.63) is 59.7 Å². The SMILES string of the molecule is CC(C)c1cccc(NC(=O)C2CCN(S(=O)(=O)c3cc(F)ccc3F)CC2)c1. The second kappa shape index (κ2) is 8.59. The number of anilines is 1. The lowest BCUT2D eigenvalue weighted by Gasteiger charge is -2.30. The Kier molecular flexibility index (Phi) is 6.33. The number of hydrogen-bond acceptors (Lipinski definition) is 3. The minimum Gasteiger partial charge on any atom is -0.326 e. The highest BCUT2D eigenvalue weighted by atomic mass is 32.2. The number of amides is 1. The van der Waals surface area contributed by atoms with Gasteiger partial charge < -0.3 is 5.32 Å². The Morgan fingerprint density at radius 1 is 1.10 bits per heavy atom. The van der Waals surface area contributed by atoms with Gasteiger partial charge in [0.15, 0.2) is 0 Å². The predicted molar refractivity (Wildman–Crippen MR) is 107 cm³/mol. The molecule has 1 amide bonds. The largest absolute Gasteiger partial charge is 0.326 e. The summed E-state index contributed by atoms with van der Waals surface area (Å²) in [5.41, 5.74) is 1.82. The molecule has 2 aromatic carbocycles. The van der Waals surface area contributed by atoms with Crippen molar-refractivity contribution in [2.75, 3.05) is 18.4 Å². The summed E-state index contributed by atoms with van der Waals surface area (Å²) in [5.74, 6) is -1.98. The molecular formula is C21H24F2N2O3S. The molecule has 0 aromatic heterocycles. The van der Waals surface area contributed by atoms with Crippen LogP contribution in [0.25, 0.3) is 0 Å². The van der Waals surface area contributed by atoms with Crippen LogP contribution in [0.3, 0.4) is 0 Å². The highest BCUT2D eigenvalue weighted by Crippen LogP contribution is 2.27. The minimum absolute atomic E-state index is 0.0718. The first-order valence-corrected chi connectivity index (χ1v) is 11.0. The van der Waals surface area contributed by atoms with Crippen LogP contribution in [0, 0.1) is 17.6 Å². The Morgan fingerprint density at radius 2 is 1.79 bits per heavy atom. The molecule has 1 saturated heterocycles. The molecule has 29 heavy (non-hydrogen) atoms. The van der Waals surface area contributed by atoms with Crippen LogP contribution < -0.4 is 5.32 Å². The predicted octanol–water partition coefficient (Wildman–Crippen LogP) is 4.13. The maximum Gasteiger partial charge on any atom is 0.246 e. The third-order valence-corrected chi connectivity index (χ3v) is 7.07. The summed E-state index contributed by atoms with van der Waals surface area (Å²) in [5, 5.41) is 2.89. The Balaban J connectivity index is 1.65. The smallest absolute Gasteiger partial charge is 0.246 e. The van der Waals surface area contributed by atoms with E-state index in [0.29, 0.717) is 30.5 Å². The third kappa shape index (κ3) is 4.82. The third-order valence-electron chi connectivity index (χ3n) is 5.16. The molecule has 1 N–H and O–H groups in total. The summed E-state index contributed by atoms with van der Waals surface area (Å²) in [4.78, 5) is 11.9. The summed E-state index contributed by atoms with van der Waals surface area (Å²) < 4.78 is 53.7. The van der Waals surface area contributed by atoms with Crippen molar-refractivity contribution >= 4 is 21.6 Å². The van der Waals surface area contributed by atoms with Gasteiger partial charge in [0, 0.05) is 24.7 Å². The average molecular weight is 422 g/mol. The number of sulfonamides is 1. The van der Waals surface area contributed by atoms with Crippen molar-refractivity contribution in [1.82, 2.24) is 4.31 Å². The number of carbonyl (C=O) groups is 1. The topological polar surface area (TPSA) is 66.5 Å². The number of rotatable bonds is 5. The van der Waals surface area contributed by atoms with Crippen molar-refractivity contribution in [3.63, 3.8) is 0 Å². The first-order chi connectivity index (χ1) is 13.7. The van der Waals surface area contributed by atoms with Crippen LogP contribution in [-0.2, 0) is 14.8 Å². The Labute approximate surface area is 169 Å². The quantitative estimate of drug-likeness (QED) is 0.788. The monoisotopic (exact) mass is 422 g/mol. The van der Waals surface area contributed by atoms with Gasteiger partial charge >= 0.3 is 0 Å². The van der Waals surface area contributed by atoms with Gasteiger partial charge in [-0.05, 0) is 54.7 Å². The highest BCUT2D eigenvalue weighted by Gasteiger charge is 2.33. The van der Waals surface area contributed by atoms with E-state index in [1.165, 1.54) is 0 Å². The zero-order chi connectivity index (χ0) is 21.2. The van der Waals surface area contributed by atoms with E-state index in [0.717, 1.165) is 22.0 Å². The van der Waals surface area contributed by atoms with E-state index in [-0.39, 0.29) is 24.9 Å². The highest BCUT2D eigenvalue weighted by molar-refractivity contribution is 7.89. The maximum absolute atomic E-state index is 13.9. The van der Waals surface area contributed by atoms with Crippen LogP contribution in [0.5, 0.6) is 0 Å². The second-order valence-corrected chi connectivity index (χ2v) is 9.43. The number of hydrogen-bond donors (Lipinski definition) is 1. The lowest BCUT2D eigenvalue weighted by Crippen LogP contribution is -2.41. The number of halogens is 2. The molecule has 0 bridgehead atoms. The van der Waals surface area contributed by atoms with Gasteiger partial charge in [0.05, 0.1) is 0 Å². The van der Waals surface area contributed by atoms with Crippen LogP contribution in [0.15, 0.2) is 47.4 Å². The van der Waals surface area contributed by atoms with Gasteiger partial charge in [-0.3, -0.25) is 4.79 Å². The normalized spacial score (nSPS) is 16.2. The summed E-state index contributed by atoms with van der Waals surface area (Å²) >= 11 is 0. The fourth-order valence-corrected chi connectivity index (χ4v) is 4.94. The zero-order valence-electron chi connectivity index (χ0n) is 16.4. The van der Waals surface area contributed by atoms with Gasteiger partial charge in [0.1, 0.15) is 16.5 Å². The van der Waals surface area contributed by atoms with E-state index < -0.39 is 26.6 Å². The standard InChI is InChI=1S/C21H24F2N2O3S/c1-14(2)16-4-3-5-18(12-16)24-21(26)15-8-10-25(11-9-15)29(27,28)20-13-17(22)6-7-19(20)23/h3-7,12-15H,8-11H2,1-2H3,(H,24,26). The van der Waals surface area contributed by atoms with Gasteiger partial charge in [-0.1, -0.05) is 26.0 Å². The van der Waals surface area contributed by atoms with Crippen LogP contribution >= 0.6 is 0 Å². The summed E-state index contributed by atoms with van der Waals surface area (Å²) in [6, 6.07) is 9.98. The molecule has 1 heterocycles.